The van der Waals surface area contributed by atoms with Crippen molar-refractivity contribution in [3.8, 4) is 0 Å². The average molecular weight is 330 g/mol. The molecule has 9 heteroatoms. The molecule has 2 aromatic heterocycles. The predicted octanol–water partition coefficient (Wildman–Crippen LogP) is 2.19. The number of anilines is 1. The molecule has 0 spiro atoms. The van der Waals surface area contributed by atoms with E-state index < -0.39 is 7.14 Å². The lowest BCUT2D eigenvalue weighted by atomic mass is 10.2. The van der Waals surface area contributed by atoms with Crippen LogP contribution >= 0.6 is 18.7 Å². The van der Waals surface area contributed by atoms with Gasteiger partial charge in [0.15, 0.2) is 10.8 Å². The fourth-order valence-corrected chi connectivity index (χ4v) is 4.01. The van der Waals surface area contributed by atoms with Gasteiger partial charge in [-0.1, -0.05) is 11.6 Å². The van der Waals surface area contributed by atoms with Crippen LogP contribution in [0.4, 0.5) is 5.95 Å². The van der Waals surface area contributed by atoms with Gasteiger partial charge in [0.05, 0.1) is 19.0 Å². The van der Waals surface area contributed by atoms with Crippen molar-refractivity contribution in [1.29, 1.82) is 0 Å². The molecule has 2 aromatic rings. The summed E-state index contributed by atoms with van der Waals surface area (Å²) in [6.45, 7) is 4.11. The monoisotopic (exact) mass is 329 g/mol. The Bertz CT molecular complexity index is 728. The Labute approximate surface area is 127 Å². The van der Waals surface area contributed by atoms with Crippen LogP contribution < -0.4 is 5.73 Å². The first-order valence-corrected chi connectivity index (χ1v) is 9.73. The highest BCUT2D eigenvalue weighted by molar-refractivity contribution is 7.62. The molecule has 1 saturated heterocycles. The van der Waals surface area contributed by atoms with Crippen molar-refractivity contribution in [1.82, 2.24) is 19.5 Å². The van der Waals surface area contributed by atoms with Crippen molar-refractivity contribution in [2.75, 3.05) is 19.1 Å². The fraction of sp³-hybridized carbons (Fsp3) is 0.583. The number of aromatic nitrogens is 4. The molecule has 1 aliphatic rings. The van der Waals surface area contributed by atoms with E-state index in [0.29, 0.717) is 17.7 Å². The molecule has 0 unspecified atom stereocenters. The summed E-state index contributed by atoms with van der Waals surface area (Å²) in [4.78, 5) is 12.3. The summed E-state index contributed by atoms with van der Waals surface area (Å²) in [5, 5.41) is 0.244. The first-order valence-electron chi connectivity index (χ1n) is 6.68. The highest BCUT2D eigenvalue weighted by Gasteiger charge is 2.33. The number of imidazole rings is 1. The Morgan fingerprint density at radius 3 is 2.90 bits per heavy atom. The van der Waals surface area contributed by atoms with Crippen LogP contribution in [0, 0.1) is 0 Å². The van der Waals surface area contributed by atoms with E-state index >= 15 is 0 Å². The first-order chi connectivity index (χ1) is 9.84. The van der Waals surface area contributed by atoms with E-state index in [9.17, 15) is 4.57 Å². The molecule has 2 N–H and O–H groups in total. The highest BCUT2D eigenvalue weighted by Crippen LogP contribution is 2.49. The van der Waals surface area contributed by atoms with Crippen LogP contribution in [0.5, 0.6) is 0 Å². The number of halogens is 1. The average Bonchev–Trinajstić information content (AvgIpc) is 2.97. The lowest BCUT2D eigenvalue weighted by Gasteiger charge is -2.17. The number of rotatable bonds is 3. The third-order valence-corrected chi connectivity index (χ3v) is 5.65. The van der Waals surface area contributed by atoms with Crippen LogP contribution in [0.25, 0.3) is 11.2 Å². The zero-order valence-corrected chi connectivity index (χ0v) is 13.5. The molecular formula is C12H17ClN5O2P. The van der Waals surface area contributed by atoms with Crippen molar-refractivity contribution in [3.63, 3.8) is 0 Å². The smallest absolute Gasteiger partial charge is 0.223 e. The summed E-state index contributed by atoms with van der Waals surface area (Å²) < 4.78 is 19.8. The minimum absolute atomic E-state index is 0.00408. The Morgan fingerprint density at radius 2 is 2.24 bits per heavy atom. The van der Waals surface area contributed by atoms with Gasteiger partial charge in [-0.2, -0.15) is 9.97 Å². The summed E-state index contributed by atoms with van der Waals surface area (Å²) in [5.74, 6) is -0.0355. The van der Waals surface area contributed by atoms with E-state index in [1.54, 1.807) is 19.7 Å². The van der Waals surface area contributed by atoms with Gasteiger partial charge in [0, 0.05) is 0 Å². The van der Waals surface area contributed by atoms with E-state index in [0.717, 1.165) is 12.8 Å². The van der Waals surface area contributed by atoms with Gasteiger partial charge < -0.3 is 19.6 Å². The molecule has 0 aromatic carbocycles. The molecule has 1 fully saturated rings. The Morgan fingerprint density at radius 1 is 1.48 bits per heavy atom. The molecule has 0 aliphatic carbocycles. The normalized spacial score (nSPS) is 23.0. The van der Waals surface area contributed by atoms with Crippen molar-refractivity contribution in [2.45, 2.75) is 31.3 Å². The number of nitrogen functional groups attached to an aromatic ring is 1. The molecule has 0 bridgehead atoms. The molecular weight excluding hydrogens is 313 g/mol. The van der Waals surface area contributed by atoms with Crippen LogP contribution in [-0.4, -0.2) is 44.8 Å². The predicted molar refractivity (Wildman–Crippen MR) is 82.1 cm³/mol. The zero-order chi connectivity index (χ0) is 15.2. The summed E-state index contributed by atoms with van der Waals surface area (Å²) in [5.41, 5.74) is 6.74. The quantitative estimate of drug-likeness (QED) is 0.685. The van der Waals surface area contributed by atoms with Gasteiger partial charge in [-0.25, -0.2) is 4.98 Å². The molecule has 114 valence electrons. The third kappa shape index (κ3) is 2.91. The lowest BCUT2D eigenvalue weighted by molar-refractivity contribution is 0.0749. The maximum Gasteiger partial charge on any atom is 0.223 e. The second kappa shape index (κ2) is 5.23. The van der Waals surface area contributed by atoms with Gasteiger partial charge in [-0.3, -0.25) is 0 Å². The molecule has 2 atom stereocenters. The molecule has 0 saturated carbocycles. The lowest BCUT2D eigenvalue weighted by Crippen LogP contribution is -2.17. The Balaban J connectivity index is 1.82. The van der Waals surface area contributed by atoms with Crippen LogP contribution in [-0.2, 0) is 15.8 Å². The van der Waals surface area contributed by atoms with Crippen LogP contribution in [0.3, 0.4) is 0 Å². The number of nitrogens with zero attached hydrogens (tertiary/aromatic N) is 4. The number of fused-ring (bicyclic) bond motifs is 1. The summed E-state index contributed by atoms with van der Waals surface area (Å²) in [6.07, 6.45) is 3.33. The molecule has 0 amide bonds. The van der Waals surface area contributed by atoms with Crippen molar-refractivity contribution in [3.05, 3.63) is 11.5 Å². The van der Waals surface area contributed by atoms with E-state index in [1.165, 1.54) is 0 Å². The summed E-state index contributed by atoms with van der Waals surface area (Å²) in [6, 6.07) is 0. The topological polar surface area (TPSA) is 95.9 Å². The van der Waals surface area contributed by atoms with Gasteiger partial charge in [-0.05, 0) is 26.2 Å². The minimum atomic E-state index is -2.22. The number of hydrogen-bond acceptors (Lipinski definition) is 6. The second-order valence-corrected chi connectivity index (χ2v) is 9.47. The van der Waals surface area contributed by atoms with E-state index in [-0.39, 0.29) is 23.1 Å². The van der Waals surface area contributed by atoms with Crippen molar-refractivity contribution in [2.24, 2.45) is 0 Å². The highest BCUT2D eigenvalue weighted by atomic mass is 35.5. The summed E-state index contributed by atoms with van der Waals surface area (Å²) in [7, 11) is -2.22. The zero-order valence-electron chi connectivity index (χ0n) is 11.9. The molecule has 1 aliphatic heterocycles. The Hall–Kier alpha value is -1.17. The van der Waals surface area contributed by atoms with E-state index in [2.05, 4.69) is 15.0 Å². The third-order valence-electron chi connectivity index (χ3n) is 3.62. The van der Waals surface area contributed by atoms with Crippen molar-refractivity contribution >= 4 is 35.9 Å². The maximum atomic E-state index is 12.1. The molecule has 0 radical (unpaired) electrons. The Kier molecular flexibility index (Phi) is 3.67. The standard InChI is InChI=1S/C12H17ClN5O2P/c1-21(2,19)8-4-3-7(20-8)5-18-6-15-9-10(13)16-12(14)17-11(9)18/h6-8H,3-5H2,1-2H3,(H2,14,16,17)/t7-,8+/m0/s1. The SMILES string of the molecule is CP(C)(=O)[C@@H]1CC[C@@H](Cn2cnc3c(Cl)nc(N)nc32)O1. The first kappa shape index (κ1) is 14.8. The molecule has 7 nitrogen and oxygen atoms in total. The fourth-order valence-electron chi connectivity index (χ4n) is 2.56. The van der Waals surface area contributed by atoms with Gasteiger partial charge >= 0.3 is 0 Å². The largest absolute Gasteiger partial charge is 0.368 e. The minimum Gasteiger partial charge on any atom is -0.368 e. The molecule has 21 heavy (non-hydrogen) atoms. The molecule has 3 rings (SSSR count). The van der Waals surface area contributed by atoms with Gasteiger partial charge in [0.1, 0.15) is 18.5 Å². The van der Waals surface area contributed by atoms with Gasteiger partial charge in [-0.15, -0.1) is 0 Å². The van der Waals surface area contributed by atoms with Gasteiger partial charge in [0.25, 0.3) is 0 Å². The van der Waals surface area contributed by atoms with Crippen LogP contribution in [0.1, 0.15) is 12.8 Å². The molecule has 3 heterocycles. The number of ether oxygens (including phenoxy) is 1. The van der Waals surface area contributed by atoms with Crippen molar-refractivity contribution < 1.29 is 9.30 Å². The maximum absolute atomic E-state index is 12.1. The van der Waals surface area contributed by atoms with Gasteiger partial charge in [0.2, 0.25) is 5.95 Å². The number of hydrogen-bond donors (Lipinski definition) is 1. The van der Waals surface area contributed by atoms with Crippen LogP contribution in [0.2, 0.25) is 5.15 Å². The van der Waals surface area contributed by atoms with Crippen LogP contribution in [0.15, 0.2) is 6.33 Å². The van der Waals surface area contributed by atoms with E-state index in [4.69, 9.17) is 22.1 Å². The summed E-state index contributed by atoms with van der Waals surface area (Å²) >= 11 is 6.00. The van der Waals surface area contributed by atoms with E-state index in [1.807, 2.05) is 4.57 Å². The second-order valence-electron chi connectivity index (χ2n) is 5.67. The number of nitrogens with two attached hydrogens (primary N) is 1.